The lowest BCUT2D eigenvalue weighted by Gasteiger charge is -2.42. The minimum absolute atomic E-state index is 0.0604. The van der Waals surface area contributed by atoms with E-state index in [1.165, 1.54) is 0 Å². The molecule has 0 unspecified atom stereocenters. The number of halogens is 21. The summed E-state index contributed by atoms with van der Waals surface area (Å²) < 4.78 is 330. The van der Waals surface area contributed by atoms with Crippen molar-refractivity contribution in [3.05, 3.63) is 48.5 Å². The summed E-state index contributed by atoms with van der Waals surface area (Å²) in [6.07, 6.45) is -12.6. The standard InChI is InChI=1S/C23H11F21N2O6S2/c24-13(25)15(26,27)53(48,49)12-7-3-10(4-8-12)46-14(47)45-9-1-5-11(6-2-9)52-54(50,51)23(43,44)21(38,39)19(34,35)17(30,31)16(28,29)18(32,33)20(36,37)22(40,41)42/h1-8,13H,(H2,45,46,47). The molecule has 0 spiro atoms. The molecule has 0 atom stereocenters. The van der Waals surface area contributed by atoms with Crippen molar-refractivity contribution in [2.45, 2.75) is 63.5 Å². The van der Waals surface area contributed by atoms with E-state index in [9.17, 15) is 114 Å². The van der Waals surface area contributed by atoms with Gasteiger partial charge in [0.05, 0.1) is 4.90 Å². The lowest BCUT2D eigenvalue weighted by Crippen LogP contribution is -2.75. The van der Waals surface area contributed by atoms with Gasteiger partial charge in [-0.1, -0.05) is 0 Å². The first kappa shape index (κ1) is 46.1. The van der Waals surface area contributed by atoms with E-state index in [4.69, 9.17) is 0 Å². The molecule has 0 saturated heterocycles. The smallest absolute Gasteiger partial charge is 0.378 e. The molecule has 0 aromatic heterocycles. The summed E-state index contributed by atoms with van der Waals surface area (Å²) >= 11 is 0. The zero-order valence-corrected chi connectivity index (χ0v) is 26.0. The van der Waals surface area contributed by atoms with E-state index >= 15 is 0 Å². The highest BCUT2D eigenvalue weighted by molar-refractivity contribution is 7.92. The number of benzene rings is 2. The third-order valence-electron chi connectivity index (χ3n) is 6.36. The number of carbonyl (C=O) groups excluding carboxylic acids is 1. The Morgan fingerprint density at radius 3 is 1.20 bits per heavy atom. The maximum atomic E-state index is 14.2. The minimum Gasteiger partial charge on any atom is -0.378 e. The molecule has 0 fully saturated rings. The van der Waals surface area contributed by atoms with Crippen LogP contribution in [-0.2, 0) is 20.0 Å². The molecule has 31 heteroatoms. The number of hydrogen-bond acceptors (Lipinski definition) is 6. The van der Waals surface area contributed by atoms with Crippen molar-refractivity contribution >= 4 is 37.4 Å². The van der Waals surface area contributed by atoms with Crippen LogP contribution in [0.1, 0.15) is 0 Å². The summed E-state index contributed by atoms with van der Waals surface area (Å²) in [6, 6.07) is 1.27. The van der Waals surface area contributed by atoms with Crippen molar-refractivity contribution < 1.29 is 118 Å². The number of alkyl halides is 21. The zero-order chi connectivity index (χ0) is 42.7. The van der Waals surface area contributed by atoms with Gasteiger partial charge in [-0.05, 0) is 48.5 Å². The first-order valence-electron chi connectivity index (χ1n) is 12.6. The van der Waals surface area contributed by atoms with Crippen molar-refractivity contribution in [3.8, 4) is 5.75 Å². The van der Waals surface area contributed by atoms with E-state index in [1.807, 2.05) is 5.32 Å². The van der Waals surface area contributed by atoms with Gasteiger partial charge in [0.25, 0.3) is 0 Å². The number of hydrogen-bond donors (Lipinski definition) is 2. The lowest BCUT2D eigenvalue weighted by molar-refractivity contribution is -0.458. The molecule has 0 saturated carbocycles. The normalized spacial score (nSPS) is 14.9. The van der Waals surface area contributed by atoms with Gasteiger partial charge in [-0.15, -0.1) is 0 Å². The van der Waals surface area contributed by atoms with Crippen LogP contribution in [0.4, 0.5) is 108 Å². The van der Waals surface area contributed by atoms with Crippen LogP contribution in [-0.4, -0.2) is 81.5 Å². The van der Waals surface area contributed by atoms with Crippen LogP contribution in [0.25, 0.3) is 0 Å². The molecular weight excluding hydrogens is 863 g/mol. The zero-order valence-electron chi connectivity index (χ0n) is 24.4. The van der Waals surface area contributed by atoms with Gasteiger partial charge in [-0.2, -0.15) is 91.8 Å². The van der Waals surface area contributed by atoms with Gasteiger partial charge in [0.15, 0.2) is 0 Å². The Morgan fingerprint density at radius 1 is 0.519 bits per heavy atom. The number of sulfone groups is 1. The molecule has 54 heavy (non-hydrogen) atoms. The molecule has 8 nitrogen and oxygen atoms in total. The highest BCUT2D eigenvalue weighted by Crippen LogP contribution is 2.64. The quantitative estimate of drug-likeness (QED) is 0.145. The minimum atomic E-state index is -9.04. The lowest BCUT2D eigenvalue weighted by atomic mass is 9.91. The summed E-state index contributed by atoms with van der Waals surface area (Å²) in [5.41, 5.74) is -1.07. The van der Waals surface area contributed by atoms with E-state index in [-0.39, 0.29) is 12.1 Å². The maximum Gasteiger partial charge on any atom is 0.460 e. The van der Waals surface area contributed by atoms with Crippen LogP contribution in [0.3, 0.4) is 0 Å². The van der Waals surface area contributed by atoms with Crippen molar-refractivity contribution in [3.63, 3.8) is 0 Å². The Labute approximate surface area is 284 Å². The van der Waals surface area contributed by atoms with Crippen molar-refractivity contribution in [2.75, 3.05) is 10.6 Å². The van der Waals surface area contributed by atoms with Gasteiger partial charge >= 0.3 is 74.8 Å². The number of amides is 2. The second-order valence-electron chi connectivity index (χ2n) is 9.99. The highest BCUT2D eigenvalue weighted by atomic mass is 32.2. The van der Waals surface area contributed by atoms with Gasteiger partial charge in [-0.25, -0.2) is 22.0 Å². The summed E-state index contributed by atoms with van der Waals surface area (Å²) in [5, 5.41) is -9.82. The maximum absolute atomic E-state index is 14.2. The van der Waals surface area contributed by atoms with Crippen LogP contribution >= 0.6 is 0 Å². The predicted octanol–water partition coefficient (Wildman–Crippen LogP) is 8.64. The van der Waals surface area contributed by atoms with E-state index in [0.717, 1.165) is 0 Å². The molecule has 0 radical (unpaired) electrons. The third kappa shape index (κ3) is 7.10. The molecule has 0 aliphatic rings. The fourth-order valence-electron chi connectivity index (χ4n) is 3.36. The average molecular weight is 874 g/mol. The van der Waals surface area contributed by atoms with Gasteiger partial charge in [0.1, 0.15) is 5.75 Å². The Morgan fingerprint density at radius 2 is 0.852 bits per heavy atom. The molecular formula is C23H11F21N2O6S2. The largest absolute Gasteiger partial charge is 0.460 e. The van der Waals surface area contributed by atoms with E-state index in [2.05, 4.69) is 4.18 Å². The van der Waals surface area contributed by atoms with Crippen LogP contribution < -0.4 is 14.8 Å². The first-order chi connectivity index (χ1) is 23.7. The predicted molar refractivity (Wildman–Crippen MR) is 134 cm³/mol. The number of nitrogens with one attached hydrogen (secondary N) is 2. The monoisotopic (exact) mass is 874 g/mol. The summed E-state index contributed by atoms with van der Waals surface area (Å²) in [4.78, 5) is 10.7. The number of anilines is 2. The van der Waals surface area contributed by atoms with Gasteiger partial charge in [0.2, 0.25) is 9.84 Å². The SMILES string of the molecule is O=C(Nc1ccc(OS(=O)(=O)C(F)(F)C(F)(F)C(F)(F)C(F)(F)C(F)(F)C(F)(F)C(F)(F)C(F)(F)F)cc1)Nc1ccc(S(=O)(=O)C(F)(F)C(F)F)cc1. The first-order valence-corrected chi connectivity index (χ1v) is 15.5. The van der Waals surface area contributed by atoms with Crippen molar-refractivity contribution in [2.24, 2.45) is 0 Å². The molecule has 0 aliphatic carbocycles. The van der Waals surface area contributed by atoms with Crippen molar-refractivity contribution in [1.29, 1.82) is 0 Å². The molecule has 2 N–H and O–H groups in total. The topological polar surface area (TPSA) is 119 Å². The number of urea groups is 1. The van der Waals surface area contributed by atoms with E-state index in [1.54, 1.807) is 5.32 Å². The third-order valence-corrected chi connectivity index (χ3v) is 9.44. The summed E-state index contributed by atoms with van der Waals surface area (Å²) in [5.74, 6) is -54.5. The Kier molecular flexibility index (Phi) is 11.6. The molecule has 2 aromatic carbocycles. The van der Waals surface area contributed by atoms with Crippen LogP contribution in [0.15, 0.2) is 53.4 Å². The molecule has 2 amide bonds. The second kappa shape index (κ2) is 13.6. The Hall–Kier alpha value is -4.06. The van der Waals surface area contributed by atoms with E-state index in [0.29, 0.717) is 36.4 Å². The number of carbonyl (C=O) groups is 1. The van der Waals surface area contributed by atoms with Gasteiger partial charge in [-0.3, -0.25) is 0 Å². The van der Waals surface area contributed by atoms with Crippen LogP contribution in [0.5, 0.6) is 5.75 Å². The van der Waals surface area contributed by atoms with E-state index < -0.39 is 107 Å². The van der Waals surface area contributed by atoms with Crippen LogP contribution in [0.2, 0.25) is 0 Å². The van der Waals surface area contributed by atoms with Crippen LogP contribution in [0, 0.1) is 0 Å². The molecule has 0 heterocycles. The molecule has 2 aromatic rings. The van der Waals surface area contributed by atoms with Crippen molar-refractivity contribution in [1.82, 2.24) is 0 Å². The Bertz CT molecular complexity index is 1920. The number of rotatable bonds is 14. The molecule has 0 bridgehead atoms. The fourth-order valence-corrected chi connectivity index (χ4v) is 5.32. The van der Waals surface area contributed by atoms with Gasteiger partial charge in [0, 0.05) is 11.4 Å². The fraction of sp³-hybridized carbons (Fsp3) is 0.435. The summed E-state index contributed by atoms with van der Waals surface area (Å²) in [6.45, 7) is 0. The Balaban J connectivity index is 2.30. The molecule has 0 aliphatic heterocycles. The summed E-state index contributed by atoms with van der Waals surface area (Å²) in [7, 11) is -13.9. The molecule has 2 rings (SSSR count). The molecule has 308 valence electrons. The second-order valence-corrected chi connectivity index (χ2v) is 13.6. The van der Waals surface area contributed by atoms with Gasteiger partial charge < -0.3 is 14.8 Å². The average Bonchev–Trinajstić information content (AvgIpc) is 3.00. The highest BCUT2D eigenvalue weighted by Gasteiger charge is 2.96.